The monoisotopic (exact) mass is 466 g/mol. The van der Waals surface area contributed by atoms with Gasteiger partial charge in [-0.25, -0.2) is 9.78 Å². The van der Waals surface area contributed by atoms with Crippen molar-refractivity contribution in [2.24, 2.45) is 0 Å². The van der Waals surface area contributed by atoms with E-state index < -0.39 is 24.3 Å². The SMILES string of the molecule is O=C(OCC(=O)N1CCN(c2ncc(C(F)(F)F)cc2Cl)CC1)c1cc2ccccc2[nH]1. The number of halogens is 4. The van der Waals surface area contributed by atoms with E-state index in [2.05, 4.69) is 9.97 Å². The molecule has 1 amide bonds. The van der Waals surface area contributed by atoms with E-state index in [1.807, 2.05) is 24.3 Å². The number of carbonyl (C=O) groups is 2. The lowest BCUT2D eigenvalue weighted by atomic mass is 10.2. The van der Waals surface area contributed by atoms with Crippen LogP contribution >= 0.6 is 11.6 Å². The Labute approximate surface area is 185 Å². The van der Waals surface area contributed by atoms with Crippen LogP contribution in [0, 0.1) is 0 Å². The van der Waals surface area contributed by atoms with Crippen molar-refractivity contribution in [2.45, 2.75) is 6.18 Å². The van der Waals surface area contributed by atoms with Crippen molar-refractivity contribution in [3.63, 3.8) is 0 Å². The van der Waals surface area contributed by atoms with E-state index >= 15 is 0 Å². The summed E-state index contributed by atoms with van der Waals surface area (Å²) in [6.07, 6.45) is -3.78. The van der Waals surface area contributed by atoms with Crippen LogP contribution in [0.25, 0.3) is 10.9 Å². The van der Waals surface area contributed by atoms with Crippen LogP contribution in [0.15, 0.2) is 42.6 Å². The molecule has 0 atom stereocenters. The van der Waals surface area contributed by atoms with Gasteiger partial charge in [-0.05, 0) is 18.2 Å². The van der Waals surface area contributed by atoms with Crippen LogP contribution in [0.1, 0.15) is 16.1 Å². The number of piperazine rings is 1. The van der Waals surface area contributed by atoms with Gasteiger partial charge in [-0.15, -0.1) is 0 Å². The molecule has 1 aliphatic heterocycles. The van der Waals surface area contributed by atoms with Crippen LogP contribution in [0.5, 0.6) is 0 Å². The molecule has 32 heavy (non-hydrogen) atoms. The van der Waals surface area contributed by atoms with Crippen molar-refractivity contribution >= 4 is 40.2 Å². The van der Waals surface area contributed by atoms with Gasteiger partial charge in [0.15, 0.2) is 6.61 Å². The highest BCUT2D eigenvalue weighted by Crippen LogP contribution is 2.33. The number of nitrogens with zero attached hydrogens (tertiary/aromatic N) is 3. The molecule has 0 unspecified atom stereocenters. The normalized spacial score (nSPS) is 14.6. The predicted octanol–water partition coefficient (Wildman–Crippen LogP) is 3.74. The highest BCUT2D eigenvalue weighted by molar-refractivity contribution is 6.33. The fourth-order valence-electron chi connectivity index (χ4n) is 3.47. The number of rotatable bonds is 4. The third kappa shape index (κ3) is 4.64. The van der Waals surface area contributed by atoms with Crippen molar-refractivity contribution in [1.29, 1.82) is 0 Å². The second-order valence-electron chi connectivity index (χ2n) is 7.24. The number of fused-ring (bicyclic) bond motifs is 1. The van der Waals surface area contributed by atoms with E-state index in [0.29, 0.717) is 26.2 Å². The van der Waals surface area contributed by atoms with Crippen LogP contribution in [-0.4, -0.2) is 59.5 Å². The number of amides is 1. The lowest BCUT2D eigenvalue weighted by Crippen LogP contribution is -2.50. The summed E-state index contributed by atoms with van der Waals surface area (Å²) in [5.41, 5.74) is 0.126. The van der Waals surface area contributed by atoms with Gasteiger partial charge in [-0.3, -0.25) is 4.79 Å². The molecule has 1 saturated heterocycles. The van der Waals surface area contributed by atoms with Gasteiger partial charge in [0.1, 0.15) is 11.5 Å². The van der Waals surface area contributed by atoms with Crippen LogP contribution in [0.2, 0.25) is 5.02 Å². The summed E-state index contributed by atoms with van der Waals surface area (Å²) < 4.78 is 43.5. The molecule has 2 aromatic heterocycles. The molecule has 0 aliphatic carbocycles. The summed E-state index contributed by atoms with van der Waals surface area (Å²) in [7, 11) is 0. The van der Waals surface area contributed by atoms with Gasteiger partial charge in [-0.1, -0.05) is 29.8 Å². The third-order valence-electron chi connectivity index (χ3n) is 5.16. The molecule has 0 radical (unpaired) electrons. The van der Waals surface area contributed by atoms with E-state index in [4.69, 9.17) is 16.3 Å². The quantitative estimate of drug-likeness (QED) is 0.593. The molecule has 3 aromatic rings. The lowest BCUT2D eigenvalue weighted by molar-refractivity contribution is -0.138. The highest BCUT2D eigenvalue weighted by Gasteiger charge is 2.32. The first-order valence-electron chi connectivity index (χ1n) is 9.73. The molecule has 168 valence electrons. The zero-order valence-electron chi connectivity index (χ0n) is 16.7. The zero-order chi connectivity index (χ0) is 22.9. The number of ether oxygens (including phenoxy) is 1. The van der Waals surface area contributed by atoms with Gasteiger partial charge >= 0.3 is 12.1 Å². The Morgan fingerprint density at radius 2 is 1.84 bits per heavy atom. The summed E-state index contributed by atoms with van der Waals surface area (Å²) in [5, 5.41) is 0.754. The molecule has 11 heteroatoms. The first-order valence-corrected chi connectivity index (χ1v) is 10.1. The van der Waals surface area contributed by atoms with Crippen LogP contribution in [0.4, 0.5) is 19.0 Å². The third-order valence-corrected chi connectivity index (χ3v) is 5.44. The average Bonchev–Trinajstić information content (AvgIpc) is 3.21. The topological polar surface area (TPSA) is 78.5 Å². The van der Waals surface area contributed by atoms with E-state index in [1.165, 1.54) is 4.90 Å². The number of benzene rings is 1. The number of esters is 1. The van der Waals surface area contributed by atoms with Crippen LogP contribution in [0.3, 0.4) is 0 Å². The number of carbonyl (C=O) groups excluding carboxylic acids is 2. The number of aromatic amines is 1. The number of nitrogens with one attached hydrogen (secondary N) is 1. The maximum Gasteiger partial charge on any atom is 0.417 e. The first kappa shape index (κ1) is 21.9. The average molecular weight is 467 g/mol. The molecule has 3 heterocycles. The molecule has 1 aromatic carbocycles. The minimum atomic E-state index is -4.52. The number of para-hydroxylation sites is 1. The number of H-pyrrole nitrogens is 1. The molecule has 4 rings (SSSR count). The van der Waals surface area contributed by atoms with Crippen LogP contribution < -0.4 is 4.90 Å². The lowest BCUT2D eigenvalue weighted by Gasteiger charge is -2.35. The molecule has 1 N–H and O–H groups in total. The Morgan fingerprint density at radius 3 is 2.50 bits per heavy atom. The summed E-state index contributed by atoms with van der Waals surface area (Å²) in [4.78, 5) is 34.7. The molecule has 1 fully saturated rings. The fraction of sp³-hybridized carbons (Fsp3) is 0.286. The standard InChI is InChI=1S/C21H18ClF3N4O3/c22-15-10-14(21(23,24)25)11-26-19(15)29-7-5-28(6-8-29)18(30)12-32-20(31)17-9-13-3-1-2-4-16(13)27-17/h1-4,9-11,27H,5-8,12H2. The van der Waals surface area contributed by atoms with Gasteiger partial charge in [-0.2, -0.15) is 13.2 Å². The number of aromatic nitrogens is 2. The molecule has 1 aliphatic rings. The number of hydrogen-bond acceptors (Lipinski definition) is 5. The van der Waals surface area contributed by atoms with E-state index in [9.17, 15) is 22.8 Å². The maximum absolute atomic E-state index is 12.8. The van der Waals surface area contributed by atoms with Gasteiger partial charge in [0, 0.05) is 43.3 Å². The molecule has 7 nitrogen and oxygen atoms in total. The smallest absolute Gasteiger partial charge is 0.417 e. The van der Waals surface area contributed by atoms with E-state index in [1.54, 1.807) is 11.0 Å². The second kappa shape index (κ2) is 8.70. The number of hydrogen-bond donors (Lipinski definition) is 1. The molecular weight excluding hydrogens is 449 g/mol. The predicted molar refractivity (Wildman–Crippen MR) is 112 cm³/mol. The van der Waals surface area contributed by atoms with E-state index in [0.717, 1.165) is 23.2 Å². The Bertz CT molecular complexity index is 1120. The summed E-state index contributed by atoms with van der Waals surface area (Å²) in [6, 6.07) is 9.86. The van der Waals surface area contributed by atoms with E-state index in [-0.39, 0.29) is 22.4 Å². The van der Waals surface area contributed by atoms with Crippen molar-refractivity contribution < 1.29 is 27.5 Å². The summed E-state index contributed by atoms with van der Waals surface area (Å²) >= 11 is 5.99. The minimum absolute atomic E-state index is 0.105. The Kier molecular flexibility index (Phi) is 5.96. The maximum atomic E-state index is 12.8. The van der Waals surface area contributed by atoms with Crippen molar-refractivity contribution in [3.8, 4) is 0 Å². The van der Waals surface area contributed by atoms with Gasteiger partial charge in [0.05, 0.1) is 10.6 Å². The largest absolute Gasteiger partial charge is 0.451 e. The Morgan fingerprint density at radius 1 is 1.12 bits per heavy atom. The molecule has 0 bridgehead atoms. The second-order valence-corrected chi connectivity index (χ2v) is 7.65. The number of alkyl halides is 3. The number of pyridine rings is 1. The Balaban J connectivity index is 1.30. The summed E-state index contributed by atoms with van der Waals surface area (Å²) in [6.45, 7) is 0.844. The first-order chi connectivity index (χ1) is 15.2. The van der Waals surface area contributed by atoms with Crippen molar-refractivity contribution in [3.05, 3.63) is 58.9 Å². The molecule has 0 spiro atoms. The minimum Gasteiger partial charge on any atom is -0.451 e. The van der Waals surface area contributed by atoms with Gasteiger partial charge < -0.3 is 19.5 Å². The van der Waals surface area contributed by atoms with Crippen molar-refractivity contribution in [1.82, 2.24) is 14.9 Å². The molecular formula is C21H18ClF3N4O3. The Hall–Kier alpha value is -3.27. The van der Waals surface area contributed by atoms with Gasteiger partial charge in [0.2, 0.25) is 0 Å². The summed E-state index contributed by atoms with van der Waals surface area (Å²) in [5.74, 6) is -0.758. The molecule has 0 saturated carbocycles. The fourth-order valence-corrected chi connectivity index (χ4v) is 3.75. The number of anilines is 1. The highest BCUT2D eigenvalue weighted by atomic mass is 35.5. The van der Waals surface area contributed by atoms with Crippen LogP contribution in [-0.2, 0) is 15.7 Å². The van der Waals surface area contributed by atoms with Crippen molar-refractivity contribution in [2.75, 3.05) is 37.7 Å². The van der Waals surface area contributed by atoms with Gasteiger partial charge in [0.25, 0.3) is 5.91 Å². The zero-order valence-corrected chi connectivity index (χ0v) is 17.4.